The topological polar surface area (TPSA) is 12.0 Å². The van der Waals surface area contributed by atoms with Crippen LogP contribution in [0.4, 0.5) is 5.69 Å². The van der Waals surface area contributed by atoms with E-state index in [9.17, 15) is 0 Å². The summed E-state index contributed by atoms with van der Waals surface area (Å²) in [7, 11) is 0. The Labute approximate surface area is 57.5 Å². The van der Waals surface area contributed by atoms with Crippen LogP contribution in [0.25, 0.3) is 0 Å². The second-order valence-corrected chi connectivity index (χ2v) is 2.10. The first-order chi connectivity index (χ1) is 5.27. The highest BCUT2D eigenvalue weighted by Crippen LogP contribution is 2.19. The zero-order chi connectivity index (χ0) is 7.84. The summed E-state index contributed by atoms with van der Waals surface area (Å²) in [6.45, 7) is 0.679. The summed E-state index contributed by atoms with van der Waals surface area (Å²) in [6.07, 6.45) is -0.185. The Hall–Kier alpha value is -0.980. The van der Waals surface area contributed by atoms with Crippen molar-refractivity contribution < 1.29 is 2.74 Å². The fourth-order valence-electron chi connectivity index (χ4n) is 1.04. The molecule has 1 aromatic rings. The predicted molar refractivity (Wildman–Crippen MR) is 38.6 cm³/mol. The van der Waals surface area contributed by atoms with Crippen molar-refractivity contribution in [3.63, 3.8) is 0 Å². The standard InChI is InChI=1S/C8H9N/c1-2-4-8-7(3-1)5-6-9-8/h1-4,9H,5-6H2/i1D,5D. The van der Waals surface area contributed by atoms with Gasteiger partial charge in [0.25, 0.3) is 0 Å². The molecule has 0 saturated carbocycles. The van der Waals surface area contributed by atoms with Gasteiger partial charge in [0.1, 0.15) is 0 Å². The molecule has 0 fully saturated rings. The molecule has 0 aromatic heterocycles. The van der Waals surface area contributed by atoms with Gasteiger partial charge in [0.15, 0.2) is 0 Å². The zero-order valence-corrected chi connectivity index (χ0v) is 5.02. The Kier molecular flexibility index (Phi) is 0.637. The van der Waals surface area contributed by atoms with Crippen molar-refractivity contribution in [1.29, 1.82) is 0 Å². The summed E-state index contributed by atoms with van der Waals surface area (Å²) >= 11 is 0. The maximum absolute atomic E-state index is 7.56. The van der Waals surface area contributed by atoms with E-state index in [4.69, 9.17) is 2.74 Å². The van der Waals surface area contributed by atoms with Crippen LogP contribution in [-0.2, 0) is 6.40 Å². The fraction of sp³-hybridized carbons (Fsp3) is 0.250. The molecule has 1 unspecified atom stereocenters. The van der Waals surface area contributed by atoms with Gasteiger partial charge in [-0.25, -0.2) is 0 Å². The SMILES string of the molecule is [2H]c1ccc2c(c1)C([2H])CN2. The number of para-hydroxylation sites is 1. The van der Waals surface area contributed by atoms with Crippen LogP contribution in [0.2, 0.25) is 0 Å². The monoisotopic (exact) mass is 121 g/mol. The van der Waals surface area contributed by atoms with Gasteiger partial charge >= 0.3 is 0 Å². The highest BCUT2D eigenvalue weighted by atomic mass is 14.9. The van der Waals surface area contributed by atoms with Gasteiger partial charge in [0, 0.05) is 13.6 Å². The van der Waals surface area contributed by atoms with Gasteiger partial charge in [-0.3, -0.25) is 0 Å². The van der Waals surface area contributed by atoms with Crippen molar-refractivity contribution in [1.82, 2.24) is 0 Å². The van der Waals surface area contributed by atoms with Crippen LogP contribution in [0.15, 0.2) is 24.2 Å². The lowest BCUT2D eigenvalue weighted by atomic mass is 10.2. The minimum atomic E-state index is -0.185. The minimum Gasteiger partial charge on any atom is -0.384 e. The summed E-state index contributed by atoms with van der Waals surface area (Å²) in [5.41, 5.74) is 1.97. The summed E-state index contributed by atoms with van der Waals surface area (Å²) in [5.74, 6) is 0. The molecular formula is C8H9N. The van der Waals surface area contributed by atoms with Crippen molar-refractivity contribution in [2.45, 2.75) is 6.40 Å². The maximum Gasteiger partial charge on any atom is 0.0623 e. The molecule has 1 atom stereocenters. The molecule has 1 heterocycles. The van der Waals surface area contributed by atoms with E-state index in [0.29, 0.717) is 12.6 Å². The third-order valence-corrected chi connectivity index (χ3v) is 1.51. The average Bonchev–Trinajstić information content (AvgIpc) is 2.33. The molecule has 1 N–H and O–H groups in total. The highest BCUT2D eigenvalue weighted by Gasteiger charge is 2.05. The fourth-order valence-corrected chi connectivity index (χ4v) is 1.04. The minimum absolute atomic E-state index is 0.185. The number of rotatable bonds is 0. The molecule has 1 nitrogen and oxygen atoms in total. The van der Waals surface area contributed by atoms with Crippen LogP contribution >= 0.6 is 0 Å². The number of benzene rings is 1. The van der Waals surface area contributed by atoms with Crippen LogP contribution in [0, 0.1) is 0 Å². The zero-order valence-electron chi connectivity index (χ0n) is 7.02. The van der Waals surface area contributed by atoms with Gasteiger partial charge in [0.2, 0.25) is 0 Å². The Morgan fingerprint density at radius 1 is 1.67 bits per heavy atom. The van der Waals surface area contributed by atoms with Crippen molar-refractivity contribution >= 4 is 5.69 Å². The van der Waals surface area contributed by atoms with E-state index < -0.39 is 0 Å². The van der Waals surface area contributed by atoms with Gasteiger partial charge in [-0.1, -0.05) is 18.2 Å². The predicted octanol–water partition coefficient (Wildman–Crippen LogP) is 1.65. The van der Waals surface area contributed by atoms with E-state index in [1.54, 1.807) is 12.1 Å². The summed E-state index contributed by atoms with van der Waals surface area (Å²) in [4.78, 5) is 0. The smallest absolute Gasteiger partial charge is 0.0623 e. The van der Waals surface area contributed by atoms with Crippen molar-refractivity contribution in [3.8, 4) is 0 Å². The van der Waals surface area contributed by atoms with Crippen LogP contribution < -0.4 is 5.32 Å². The van der Waals surface area contributed by atoms with Crippen molar-refractivity contribution in [2.75, 3.05) is 11.9 Å². The third kappa shape index (κ3) is 0.689. The first-order valence-electron chi connectivity index (χ1n) is 4.12. The van der Waals surface area contributed by atoms with Crippen molar-refractivity contribution in [3.05, 3.63) is 29.8 Å². The second kappa shape index (κ2) is 1.76. The molecular weight excluding hydrogens is 110 g/mol. The van der Waals surface area contributed by atoms with E-state index in [1.807, 2.05) is 6.07 Å². The molecule has 0 bridgehead atoms. The lowest BCUT2D eigenvalue weighted by Gasteiger charge is -1.94. The first kappa shape index (κ1) is 3.25. The maximum atomic E-state index is 7.56. The molecule has 1 aromatic carbocycles. The molecule has 0 saturated heterocycles. The van der Waals surface area contributed by atoms with Gasteiger partial charge in [-0.15, -0.1) is 0 Å². The molecule has 1 heteroatoms. The normalized spacial score (nSPS) is 26.0. The highest BCUT2D eigenvalue weighted by molar-refractivity contribution is 5.54. The Morgan fingerprint density at radius 2 is 2.67 bits per heavy atom. The van der Waals surface area contributed by atoms with E-state index in [0.717, 1.165) is 11.3 Å². The van der Waals surface area contributed by atoms with Crippen LogP contribution in [0.5, 0.6) is 0 Å². The molecule has 9 heavy (non-hydrogen) atoms. The molecule has 1 aliphatic rings. The molecule has 0 radical (unpaired) electrons. The second-order valence-electron chi connectivity index (χ2n) is 2.10. The number of hydrogen-bond acceptors (Lipinski definition) is 1. The Morgan fingerprint density at radius 3 is 3.67 bits per heavy atom. The van der Waals surface area contributed by atoms with Gasteiger partial charge < -0.3 is 5.32 Å². The molecule has 0 amide bonds. The van der Waals surface area contributed by atoms with E-state index in [-0.39, 0.29) is 6.40 Å². The largest absolute Gasteiger partial charge is 0.384 e. The molecule has 1 aliphatic heterocycles. The number of fused-ring (bicyclic) bond motifs is 1. The average molecular weight is 121 g/mol. The Balaban J connectivity index is 2.52. The number of anilines is 1. The summed E-state index contributed by atoms with van der Waals surface area (Å²) in [6, 6.07) is 5.85. The number of hydrogen-bond donors (Lipinski definition) is 1. The van der Waals surface area contributed by atoms with Crippen LogP contribution in [0.1, 0.15) is 8.30 Å². The first-order valence-corrected chi connectivity index (χ1v) is 3.04. The summed E-state index contributed by atoms with van der Waals surface area (Å²) < 4.78 is 14.9. The van der Waals surface area contributed by atoms with E-state index >= 15 is 0 Å². The van der Waals surface area contributed by atoms with Gasteiger partial charge in [0.05, 0.1) is 1.37 Å². The lowest BCUT2D eigenvalue weighted by Crippen LogP contribution is -1.90. The van der Waals surface area contributed by atoms with Gasteiger partial charge in [-0.2, -0.15) is 0 Å². The quantitative estimate of drug-likeness (QED) is 0.550. The number of nitrogens with one attached hydrogen (secondary N) is 1. The lowest BCUT2D eigenvalue weighted by molar-refractivity contribution is 1.11. The molecule has 2 rings (SSSR count). The molecule has 0 spiro atoms. The van der Waals surface area contributed by atoms with E-state index in [1.165, 1.54) is 0 Å². The Bertz CT molecular complexity index is 285. The summed E-state index contributed by atoms with van der Waals surface area (Å²) in [5, 5.41) is 3.11. The molecule has 46 valence electrons. The van der Waals surface area contributed by atoms with E-state index in [2.05, 4.69) is 5.32 Å². The third-order valence-electron chi connectivity index (χ3n) is 1.51. The van der Waals surface area contributed by atoms with Gasteiger partial charge in [-0.05, 0) is 18.0 Å². The van der Waals surface area contributed by atoms with Crippen LogP contribution in [0.3, 0.4) is 0 Å². The molecule has 0 aliphatic carbocycles. The van der Waals surface area contributed by atoms with Crippen molar-refractivity contribution in [2.24, 2.45) is 0 Å². The van der Waals surface area contributed by atoms with Crippen LogP contribution in [-0.4, -0.2) is 6.54 Å².